The Hall–Kier alpha value is -1.25. The summed E-state index contributed by atoms with van der Waals surface area (Å²) in [5.41, 5.74) is 0.963. The maximum atomic E-state index is 12.6. The Labute approximate surface area is 148 Å². The Balaban J connectivity index is 1.37. The van der Waals surface area contributed by atoms with Gasteiger partial charge in [-0.1, -0.05) is 0 Å². The van der Waals surface area contributed by atoms with Gasteiger partial charge in [0.25, 0.3) is 15.8 Å². The third kappa shape index (κ3) is 3.66. The molecule has 1 aromatic heterocycles. The van der Waals surface area contributed by atoms with Crippen LogP contribution in [0.2, 0.25) is 0 Å². The van der Waals surface area contributed by atoms with Crippen molar-refractivity contribution in [2.75, 3.05) is 26.2 Å². The van der Waals surface area contributed by atoms with E-state index in [2.05, 4.69) is 5.10 Å². The smallest absolute Gasteiger partial charge is 0.268 e. The van der Waals surface area contributed by atoms with E-state index >= 15 is 0 Å². The van der Waals surface area contributed by atoms with Gasteiger partial charge in [0.1, 0.15) is 0 Å². The Morgan fingerprint density at radius 2 is 1.60 bits per heavy atom. The van der Waals surface area contributed by atoms with Crippen molar-refractivity contribution in [3.05, 3.63) is 28.2 Å². The van der Waals surface area contributed by atoms with Crippen LogP contribution < -0.4 is 5.56 Å². The second-order valence-corrected chi connectivity index (χ2v) is 9.44. The average molecular weight is 366 g/mol. The summed E-state index contributed by atoms with van der Waals surface area (Å²) < 4.78 is 30.0. The monoisotopic (exact) mass is 366 g/mol. The van der Waals surface area contributed by atoms with Gasteiger partial charge < -0.3 is 0 Å². The van der Waals surface area contributed by atoms with Crippen molar-refractivity contribution in [3.8, 4) is 0 Å². The van der Waals surface area contributed by atoms with Crippen LogP contribution in [0.1, 0.15) is 50.1 Å². The minimum absolute atomic E-state index is 0.0588. The molecular formula is C17H26N4O3S. The lowest BCUT2D eigenvalue weighted by Crippen LogP contribution is -2.46. The third-order valence-electron chi connectivity index (χ3n) is 5.61. The van der Waals surface area contributed by atoms with Gasteiger partial charge in [-0.05, 0) is 50.5 Å². The Morgan fingerprint density at radius 1 is 0.960 bits per heavy atom. The van der Waals surface area contributed by atoms with Crippen LogP contribution in [0.15, 0.2) is 16.9 Å². The van der Waals surface area contributed by atoms with Crippen LogP contribution in [0.25, 0.3) is 0 Å². The maximum Gasteiger partial charge on any atom is 0.281 e. The first-order valence-corrected chi connectivity index (χ1v) is 10.8. The summed E-state index contributed by atoms with van der Waals surface area (Å²) in [6.45, 7) is 2.98. The number of piperidine rings is 1. The second kappa shape index (κ2) is 6.81. The molecule has 3 heterocycles. The summed E-state index contributed by atoms with van der Waals surface area (Å²) >= 11 is 0. The van der Waals surface area contributed by atoms with Gasteiger partial charge in [0.15, 0.2) is 0 Å². The van der Waals surface area contributed by atoms with E-state index in [1.807, 2.05) is 6.07 Å². The molecule has 0 bridgehead atoms. The van der Waals surface area contributed by atoms with Crippen molar-refractivity contribution in [3.63, 3.8) is 0 Å². The van der Waals surface area contributed by atoms with E-state index in [0.29, 0.717) is 44.6 Å². The highest BCUT2D eigenvalue weighted by atomic mass is 32.2. The molecule has 3 aliphatic rings. The minimum atomic E-state index is -3.29. The van der Waals surface area contributed by atoms with E-state index in [9.17, 15) is 13.2 Å². The summed E-state index contributed by atoms with van der Waals surface area (Å²) in [5.74, 6) is 0.837. The number of hydrogen-bond donors (Lipinski definition) is 0. The zero-order chi connectivity index (χ0) is 17.4. The van der Waals surface area contributed by atoms with Gasteiger partial charge in [0.2, 0.25) is 0 Å². The molecular weight excluding hydrogens is 340 g/mol. The normalized spacial score (nSPS) is 24.0. The van der Waals surface area contributed by atoms with E-state index in [0.717, 1.165) is 44.2 Å². The van der Waals surface area contributed by atoms with Gasteiger partial charge in [0.05, 0.1) is 5.69 Å². The standard InChI is InChI=1S/C17H26N4O3S/c22-17-6-5-16(15-3-4-15)18-21(17)13-14-7-11-20(12-8-14)25(23,24)19-9-1-2-10-19/h5-6,14-15H,1-4,7-13H2. The van der Waals surface area contributed by atoms with Gasteiger partial charge in [-0.15, -0.1) is 0 Å². The predicted molar refractivity (Wildman–Crippen MR) is 94.5 cm³/mol. The zero-order valence-corrected chi connectivity index (χ0v) is 15.3. The summed E-state index contributed by atoms with van der Waals surface area (Å²) in [5, 5.41) is 4.52. The molecule has 1 aliphatic carbocycles. The molecule has 0 aromatic carbocycles. The van der Waals surface area contributed by atoms with Crippen LogP contribution in [-0.2, 0) is 16.8 Å². The lowest BCUT2D eigenvalue weighted by molar-refractivity contribution is 0.234. The van der Waals surface area contributed by atoms with E-state index in [1.54, 1.807) is 19.4 Å². The number of hydrogen-bond acceptors (Lipinski definition) is 4. The maximum absolute atomic E-state index is 12.6. The van der Waals surface area contributed by atoms with E-state index in [1.165, 1.54) is 0 Å². The Morgan fingerprint density at radius 3 is 2.24 bits per heavy atom. The van der Waals surface area contributed by atoms with Crippen molar-refractivity contribution in [2.24, 2.45) is 5.92 Å². The van der Waals surface area contributed by atoms with Gasteiger partial charge in [0, 0.05) is 44.7 Å². The zero-order valence-electron chi connectivity index (χ0n) is 14.5. The molecule has 7 nitrogen and oxygen atoms in total. The lowest BCUT2D eigenvalue weighted by Gasteiger charge is -2.33. The predicted octanol–water partition coefficient (Wildman–Crippen LogP) is 1.17. The van der Waals surface area contributed by atoms with Crippen LogP contribution in [0.3, 0.4) is 0 Å². The Bertz CT molecular complexity index is 773. The lowest BCUT2D eigenvalue weighted by atomic mass is 9.98. The molecule has 138 valence electrons. The first kappa shape index (κ1) is 17.2. The highest BCUT2D eigenvalue weighted by Crippen LogP contribution is 2.38. The molecule has 0 N–H and O–H groups in total. The van der Waals surface area contributed by atoms with Crippen LogP contribution in [0, 0.1) is 5.92 Å². The second-order valence-electron chi connectivity index (χ2n) is 7.51. The molecule has 4 rings (SSSR count). The molecule has 0 unspecified atom stereocenters. The van der Waals surface area contributed by atoms with E-state index < -0.39 is 10.2 Å². The van der Waals surface area contributed by atoms with E-state index in [-0.39, 0.29) is 5.56 Å². The van der Waals surface area contributed by atoms with E-state index in [4.69, 9.17) is 0 Å². The molecule has 0 spiro atoms. The topological polar surface area (TPSA) is 75.5 Å². The van der Waals surface area contributed by atoms with Gasteiger partial charge in [-0.3, -0.25) is 4.79 Å². The van der Waals surface area contributed by atoms with Crippen LogP contribution in [0.4, 0.5) is 0 Å². The number of nitrogens with zero attached hydrogens (tertiary/aromatic N) is 4. The molecule has 0 atom stereocenters. The largest absolute Gasteiger partial charge is 0.281 e. The highest BCUT2D eigenvalue weighted by Gasteiger charge is 2.34. The molecule has 2 aliphatic heterocycles. The van der Waals surface area contributed by atoms with Gasteiger partial charge in [-0.25, -0.2) is 4.68 Å². The van der Waals surface area contributed by atoms with Gasteiger partial charge in [-0.2, -0.15) is 22.1 Å². The molecule has 0 radical (unpaired) electrons. The highest BCUT2D eigenvalue weighted by molar-refractivity contribution is 7.86. The van der Waals surface area contributed by atoms with Crippen molar-refractivity contribution in [1.82, 2.24) is 18.4 Å². The first-order chi connectivity index (χ1) is 12.0. The van der Waals surface area contributed by atoms with Crippen molar-refractivity contribution < 1.29 is 8.42 Å². The van der Waals surface area contributed by atoms with Crippen LogP contribution in [-0.4, -0.2) is 53.0 Å². The number of aromatic nitrogens is 2. The first-order valence-electron chi connectivity index (χ1n) is 9.37. The van der Waals surface area contributed by atoms with Crippen molar-refractivity contribution in [1.29, 1.82) is 0 Å². The molecule has 1 aromatic rings. The molecule has 8 heteroatoms. The van der Waals surface area contributed by atoms with Crippen LogP contribution in [0.5, 0.6) is 0 Å². The summed E-state index contributed by atoms with van der Waals surface area (Å²) in [6, 6.07) is 3.47. The molecule has 3 fully saturated rings. The van der Waals surface area contributed by atoms with Gasteiger partial charge >= 0.3 is 0 Å². The molecule has 25 heavy (non-hydrogen) atoms. The summed E-state index contributed by atoms with van der Waals surface area (Å²) in [6.07, 6.45) is 5.82. The quantitative estimate of drug-likeness (QED) is 0.784. The molecule has 0 amide bonds. The fourth-order valence-corrected chi connectivity index (χ4v) is 5.56. The molecule has 1 saturated carbocycles. The molecule has 2 saturated heterocycles. The SMILES string of the molecule is O=c1ccc(C2CC2)nn1CC1CCN(S(=O)(=O)N2CCCC2)CC1. The average Bonchev–Trinajstić information content (AvgIpc) is 3.30. The fourth-order valence-electron chi connectivity index (χ4n) is 3.84. The van der Waals surface area contributed by atoms with Crippen LogP contribution >= 0.6 is 0 Å². The summed E-state index contributed by atoms with van der Waals surface area (Å²) in [4.78, 5) is 12.1. The van der Waals surface area contributed by atoms with Crippen molar-refractivity contribution >= 4 is 10.2 Å². The fraction of sp³-hybridized carbons (Fsp3) is 0.765. The third-order valence-corrected chi connectivity index (χ3v) is 7.64. The van der Waals surface area contributed by atoms with Crippen molar-refractivity contribution in [2.45, 2.75) is 51.0 Å². The summed E-state index contributed by atoms with van der Waals surface area (Å²) in [7, 11) is -3.29. The Kier molecular flexibility index (Phi) is 4.68. The number of rotatable bonds is 5. The minimum Gasteiger partial charge on any atom is -0.268 e.